The van der Waals surface area contributed by atoms with Crippen LogP contribution < -0.4 is 14.5 Å². The fourth-order valence-electron chi connectivity index (χ4n) is 3.91. The van der Waals surface area contributed by atoms with Gasteiger partial charge in [-0.15, -0.1) is 0 Å². The molecule has 1 aromatic rings. The Labute approximate surface area is 151 Å². The molecule has 2 heterocycles. The second-order valence-corrected chi connectivity index (χ2v) is 7.03. The average Bonchev–Trinajstić information content (AvgIpc) is 2.68. The van der Waals surface area contributed by atoms with Crippen LogP contribution in [0, 0.1) is 0 Å². The number of hydrogen-bond acceptors (Lipinski definition) is 5. The van der Waals surface area contributed by atoms with Crippen molar-refractivity contribution in [1.82, 2.24) is 0 Å². The van der Waals surface area contributed by atoms with Crippen molar-refractivity contribution >= 4 is 11.4 Å². The first-order valence-electron chi connectivity index (χ1n) is 9.61. The van der Waals surface area contributed by atoms with Crippen LogP contribution in [0.1, 0.15) is 44.1 Å². The Balaban J connectivity index is 1.97. The van der Waals surface area contributed by atoms with E-state index in [2.05, 4.69) is 21.9 Å². The van der Waals surface area contributed by atoms with Crippen molar-refractivity contribution in [2.24, 2.45) is 0 Å². The first kappa shape index (κ1) is 18.3. The third-order valence-electron chi connectivity index (χ3n) is 5.17. The van der Waals surface area contributed by atoms with Crippen molar-refractivity contribution in [2.75, 3.05) is 57.0 Å². The van der Waals surface area contributed by atoms with Crippen LogP contribution in [0.25, 0.3) is 0 Å². The molecule has 140 valence electrons. The van der Waals surface area contributed by atoms with E-state index in [1.165, 1.54) is 49.9 Å². The van der Waals surface area contributed by atoms with Gasteiger partial charge >= 0.3 is 0 Å². The molecule has 2 aliphatic rings. The number of piperidine rings is 2. The topological polar surface area (TPSA) is 34.2 Å². The summed E-state index contributed by atoms with van der Waals surface area (Å²) in [7, 11) is 3.41. The van der Waals surface area contributed by atoms with E-state index >= 15 is 0 Å². The van der Waals surface area contributed by atoms with Gasteiger partial charge < -0.3 is 24.0 Å². The highest BCUT2D eigenvalue weighted by Crippen LogP contribution is 2.39. The summed E-state index contributed by atoms with van der Waals surface area (Å²) in [5, 5.41) is 0. The number of hydrogen-bond donors (Lipinski definition) is 0. The largest absolute Gasteiger partial charge is 0.465 e. The summed E-state index contributed by atoms with van der Waals surface area (Å²) < 4.78 is 16.7. The van der Waals surface area contributed by atoms with E-state index in [0.717, 1.165) is 37.5 Å². The Hall–Kier alpha value is -1.46. The molecular formula is C20H32N2O3. The summed E-state index contributed by atoms with van der Waals surface area (Å²) in [4.78, 5) is 4.98. The highest BCUT2D eigenvalue weighted by atomic mass is 16.7. The Morgan fingerprint density at radius 3 is 2.04 bits per heavy atom. The summed E-state index contributed by atoms with van der Waals surface area (Å²) in [6, 6.07) is 4.56. The van der Waals surface area contributed by atoms with Gasteiger partial charge in [0.15, 0.2) is 12.5 Å². The van der Waals surface area contributed by atoms with Gasteiger partial charge in [-0.3, -0.25) is 0 Å². The van der Waals surface area contributed by atoms with Gasteiger partial charge in [-0.2, -0.15) is 0 Å². The molecule has 25 heavy (non-hydrogen) atoms. The molecule has 0 radical (unpaired) electrons. The van der Waals surface area contributed by atoms with Crippen molar-refractivity contribution in [1.29, 1.82) is 0 Å². The van der Waals surface area contributed by atoms with E-state index in [1.54, 1.807) is 14.2 Å². The Bertz CT molecular complexity index is 538. The molecule has 5 heteroatoms. The molecule has 3 rings (SSSR count). The van der Waals surface area contributed by atoms with Crippen LogP contribution in [0.2, 0.25) is 0 Å². The molecule has 0 saturated carbocycles. The normalized spacial score (nSPS) is 18.5. The number of ether oxygens (including phenoxy) is 3. The van der Waals surface area contributed by atoms with Gasteiger partial charge in [0.2, 0.25) is 0 Å². The van der Waals surface area contributed by atoms with Crippen LogP contribution in [0.3, 0.4) is 0 Å². The third kappa shape index (κ3) is 4.59. The number of rotatable bonds is 7. The molecule has 0 aromatic heterocycles. The van der Waals surface area contributed by atoms with Crippen LogP contribution in [-0.2, 0) is 16.1 Å². The average molecular weight is 348 g/mol. The van der Waals surface area contributed by atoms with Crippen molar-refractivity contribution in [3.05, 3.63) is 17.7 Å². The zero-order chi connectivity index (χ0) is 17.5. The summed E-state index contributed by atoms with van der Waals surface area (Å²) in [6.07, 6.45) is 7.71. The fourth-order valence-corrected chi connectivity index (χ4v) is 3.91. The van der Waals surface area contributed by atoms with Crippen molar-refractivity contribution in [2.45, 2.75) is 45.1 Å². The van der Waals surface area contributed by atoms with E-state index in [0.29, 0.717) is 6.61 Å². The SMILES string of the molecule is COCOc1c(COC)cc(N2CCCCC2)cc1N1CCCCC1. The maximum atomic E-state index is 6.00. The maximum absolute atomic E-state index is 6.00. The van der Waals surface area contributed by atoms with Crippen LogP contribution in [0.15, 0.2) is 12.1 Å². The van der Waals surface area contributed by atoms with Gasteiger partial charge in [0.1, 0.15) is 0 Å². The van der Waals surface area contributed by atoms with E-state index < -0.39 is 0 Å². The second kappa shape index (κ2) is 9.30. The first-order valence-corrected chi connectivity index (χ1v) is 9.61. The lowest BCUT2D eigenvalue weighted by atomic mass is 10.0. The molecule has 1 aromatic carbocycles. The number of nitrogens with zero attached hydrogens (tertiary/aromatic N) is 2. The van der Waals surface area contributed by atoms with Gasteiger partial charge in [0.25, 0.3) is 0 Å². The zero-order valence-electron chi connectivity index (χ0n) is 15.8. The van der Waals surface area contributed by atoms with Crippen LogP contribution in [0.4, 0.5) is 11.4 Å². The summed E-state index contributed by atoms with van der Waals surface area (Å²) in [6.45, 7) is 5.30. The standard InChI is InChI=1S/C20H32N2O3/c1-23-15-17-13-18(21-9-5-3-6-10-21)14-19(20(17)25-16-24-2)22-11-7-4-8-12-22/h13-14H,3-12,15-16H2,1-2H3. The molecule has 5 nitrogen and oxygen atoms in total. The lowest BCUT2D eigenvalue weighted by Crippen LogP contribution is -2.32. The minimum Gasteiger partial charge on any atom is -0.465 e. The van der Waals surface area contributed by atoms with Crippen molar-refractivity contribution < 1.29 is 14.2 Å². The molecule has 2 fully saturated rings. The quantitative estimate of drug-likeness (QED) is 0.700. The minimum atomic E-state index is 0.264. The highest BCUT2D eigenvalue weighted by molar-refractivity contribution is 5.70. The van der Waals surface area contributed by atoms with Crippen LogP contribution >= 0.6 is 0 Å². The zero-order valence-corrected chi connectivity index (χ0v) is 15.8. The highest BCUT2D eigenvalue weighted by Gasteiger charge is 2.22. The van der Waals surface area contributed by atoms with Crippen LogP contribution in [-0.4, -0.2) is 47.2 Å². The summed E-state index contributed by atoms with van der Waals surface area (Å²) >= 11 is 0. The smallest absolute Gasteiger partial charge is 0.188 e. The molecule has 0 unspecified atom stereocenters. The van der Waals surface area contributed by atoms with E-state index in [4.69, 9.17) is 14.2 Å². The number of benzene rings is 1. The molecule has 0 N–H and O–H groups in total. The Kier molecular flexibility index (Phi) is 6.82. The predicted octanol–water partition coefficient (Wildman–Crippen LogP) is 3.80. The maximum Gasteiger partial charge on any atom is 0.188 e. The Morgan fingerprint density at radius 2 is 1.44 bits per heavy atom. The summed E-state index contributed by atoms with van der Waals surface area (Å²) in [5.41, 5.74) is 3.62. The fraction of sp³-hybridized carbons (Fsp3) is 0.700. The minimum absolute atomic E-state index is 0.264. The molecule has 0 bridgehead atoms. The van der Waals surface area contributed by atoms with E-state index in [9.17, 15) is 0 Å². The van der Waals surface area contributed by atoms with Crippen molar-refractivity contribution in [3.8, 4) is 5.75 Å². The molecule has 2 aliphatic heterocycles. The van der Waals surface area contributed by atoms with E-state index in [-0.39, 0.29) is 6.79 Å². The molecule has 2 saturated heterocycles. The lowest BCUT2D eigenvalue weighted by Gasteiger charge is -2.34. The van der Waals surface area contributed by atoms with E-state index in [1.807, 2.05) is 0 Å². The molecule has 0 amide bonds. The monoisotopic (exact) mass is 348 g/mol. The molecule has 0 atom stereocenters. The second-order valence-electron chi connectivity index (χ2n) is 7.03. The third-order valence-corrected chi connectivity index (χ3v) is 5.17. The van der Waals surface area contributed by atoms with Gasteiger partial charge in [-0.05, 0) is 50.7 Å². The number of methoxy groups -OCH3 is 2. The van der Waals surface area contributed by atoms with Gasteiger partial charge in [0, 0.05) is 51.6 Å². The predicted molar refractivity (Wildman–Crippen MR) is 102 cm³/mol. The number of anilines is 2. The van der Waals surface area contributed by atoms with Crippen molar-refractivity contribution in [3.63, 3.8) is 0 Å². The Morgan fingerprint density at radius 1 is 0.800 bits per heavy atom. The molecular weight excluding hydrogens is 316 g/mol. The molecule has 0 aliphatic carbocycles. The van der Waals surface area contributed by atoms with Gasteiger partial charge in [-0.1, -0.05) is 0 Å². The lowest BCUT2D eigenvalue weighted by molar-refractivity contribution is 0.0491. The van der Waals surface area contributed by atoms with Gasteiger partial charge in [-0.25, -0.2) is 0 Å². The first-order chi connectivity index (χ1) is 12.3. The molecule has 0 spiro atoms. The van der Waals surface area contributed by atoms with Crippen LogP contribution in [0.5, 0.6) is 5.75 Å². The van der Waals surface area contributed by atoms with Gasteiger partial charge in [0.05, 0.1) is 12.3 Å². The summed E-state index contributed by atoms with van der Waals surface area (Å²) in [5.74, 6) is 0.923.